The van der Waals surface area contributed by atoms with Gasteiger partial charge in [-0.3, -0.25) is 0 Å². The first-order chi connectivity index (χ1) is 4.88. The number of nitrogens with zero attached hydrogens (tertiary/aromatic N) is 1. The van der Waals surface area contributed by atoms with Crippen LogP contribution in [0.3, 0.4) is 0 Å². The number of fused-ring (bicyclic) bond motifs is 1. The van der Waals surface area contributed by atoms with Crippen molar-refractivity contribution in [3.63, 3.8) is 0 Å². The summed E-state index contributed by atoms with van der Waals surface area (Å²) in [6.07, 6.45) is 0. The number of aromatic nitrogens is 1. The quantitative estimate of drug-likeness (QED) is 0.356. The van der Waals surface area contributed by atoms with Crippen LogP contribution in [-0.4, -0.2) is 14.5 Å². The molecule has 3 heteroatoms. The van der Waals surface area contributed by atoms with E-state index in [0.29, 0.717) is 14.5 Å². The molecule has 11 heavy (non-hydrogen) atoms. The van der Waals surface area contributed by atoms with Crippen LogP contribution in [0.25, 0.3) is 9.78 Å². The summed E-state index contributed by atoms with van der Waals surface area (Å²) in [6.45, 7) is 0. The zero-order valence-corrected chi connectivity index (χ0v) is 8.59. The Kier molecular flexibility index (Phi) is 2.72. The molecule has 0 atom stereocenters. The maximum Gasteiger partial charge on any atom is -1.00 e. The molecule has 0 bridgehead atoms. The van der Waals surface area contributed by atoms with Crippen LogP contribution in [-0.2, 0) is 7.05 Å². The Morgan fingerprint density at radius 2 is 2.00 bits per heavy atom. The minimum absolute atomic E-state index is 0. The van der Waals surface area contributed by atoms with E-state index >= 15 is 0 Å². The van der Waals surface area contributed by atoms with E-state index in [4.69, 9.17) is 0 Å². The zero-order valence-electron chi connectivity index (χ0n) is 6.12. The third-order valence-electron chi connectivity index (χ3n) is 1.58. The molecule has 0 unspecified atom stereocenters. The predicted molar refractivity (Wildman–Crippen MR) is 42.1 cm³/mol. The number of aryl methyl sites for hydroxylation is 1. The molecule has 58 valence electrons. The van der Waals surface area contributed by atoms with Crippen molar-refractivity contribution < 1.29 is 17.0 Å². The molecule has 1 aromatic heterocycles. The topological polar surface area (TPSA) is 3.88 Å². The van der Waals surface area contributed by atoms with Crippen LogP contribution >= 0.6 is 0 Å². The van der Waals surface area contributed by atoms with Gasteiger partial charge in [-0.15, -0.1) is 0 Å². The van der Waals surface area contributed by atoms with Gasteiger partial charge in [0, 0.05) is 0 Å². The van der Waals surface area contributed by atoms with Crippen molar-refractivity contribution in [3.8, 4) is 0 Å². The summed E-state index contributed by atoms with van der Waals surface area (Å²) in [5.74, 6) is 0. The molecule has 1 aromatic carbocycles. The largest absolute Gasteiger partial charge is 1.00 e. The summed E-state index contributed by atoms with van der Waals surface area (Å²) in [5.41, 5.74) is 1.38. The first-order valence-corrected chi connectivity index (χ1v) is 5.04. The molecule has 1 nitrogen and oxygen atoms in total. The van der Waals surface area contributed by atoms with Gasteiger partial charge in [-0.1, -0.05) is 0 Å². The Hall–Kier alpha value is -0.301. The maximum absolute atomic E-state index is 2.26. The second kappa shape index (κ2) is 3.40. The van der Waals surface area contributed by atoms with Crippen molar-refractivity contribution in [2.45, 2.75) is 0 Å². The number of rotatable bonds is 0. The number of halogens is 1. The molecule has 0 spiro atoms. The molecule has 0 saturated heterocycles. The summed E-state index contributed by atoms with van der Waals surface area (Å²) < 4.78 is 3.70. The molecular weight excluding hydrogens is 225 g/mol. The minimum Gasteiger partial charge on any atom is -1.00 e. The maximum atomic E-state index is 2.26. The van der Waals surface area contributed by atoms with Crippen molar-refractivity contribution in [2.24, 2.45) is 7.05 Å². The third-order valence-corrected chi connectivity index (χ3v) is 3.72. The fourth-order valence-corrected chi connectivity index (χ4v) is 2.88. The van der Waals surface area contributed by atoms with Gasteiger partial charge in [-0.05, 0) is 0 Å². The zero-order chi connectivity index (χ0) is 6.97. The van der Waals surface area contributed by atoms with E-state index in [1.165, 1.54) is 9.78 Å². The number of para-hydroxylation sites is 1. The van der Waals surface area contributed by atoms with Crippen LogP contribution in [0, 0.1) is 0 Å². The molecular formula is C8H8ClNSe. The number of hydrogen-bond acceptors (Lipinski definition) is 0. The van der Waals surface area contributed by atoms with E-state index in [1.807, 2.05) is 0 Å². The summed E-state index contributed by atoms with van der Waals surface area (Å²) in [5, 5.41) is 2.26. The Morgan fingerprint density at radius 1 is 1.27 bits per heavy atom. The first kappa shape index (κ1) is 8.79. The second-order valence-electron chi connectivity index (χ2n) is 2.30. The molecule has 0 aliphatic heterocycles. The monoisotopic (exact) mass is 233 g/mol. The van der Waals surface area contributed by atoms with Gasteiger partial charge in [0.05, 0.1) is 0 Å². The summed E-state index contributed by atoms with van der Waals surface area (Å²) in [7, 11) is 2.10. The predicted octanol–water partition coefficient (Wildman–Crippen LogP) is -2.27. The molecule has 0 N–H and O–H groups in total. The van der Waals surface area contributed by atoms with Gasteiger partial charge < -0.3 is 12.4 Å². The molecule has 0 radical (unpaired) electrons. The van der Waals surface area contributed by atoms with Crippen LogP contribution < -0.4 is 17.0 Å². The molecule has 0 fully saturated rings. The van der Waals surface area contributed by atoms with E-state index < -0.39 is 0 Å². The minimum atomic E-state index is 0. The van der Waals surface area contributed by atoms with Gasteiger partial charge in [0.2, 0.25) is 0 Å². The SMILES string of the molecule is C[n+]1c[se]c2ccccc21.[Cl-]. The van der Waals surface area contributed by atoms with Gasteiger partial charge >= 0.3 is 65.2 Å². The van der Waals surface area contributed by atoms with E-state index in [9.17, 15) is 0 Å². The van der Waals surface area contributed by atoms with Gasteiger partial charge in [-0.25, -0.2) is 0 Å². The Labute approximate surface area is 77.8 Å². The first-order valence-electron chi connectivity index (χ1n) is 3.20. The Balaban J connectivity index is 0.000000605. The Bertz CT molecular complexity index is 356. The van der Waals surface area contributed by atoms with Crippen molar-refractivity contribution in [1.82, 2.24) is 0 Å². The normalized spacial score (nSPS) is 9.55. The van der Waals surface area contributed by atoms with Crippen LogP contribution in [0.4, 0.5) is 0 Å². The summed E-state index contributed by atoms with van der Waals surface area (Å²) in [6, 6.07) is 8.56. The molecule has 0 amide bonds. The molecule has 0 aliphatic carbocycles. The van der Waals surface area contributed by atoms with Crippen LogP contribution in [0.1, 0.15) is 0 Å². The van der Waals surface area contributed by atoms with Gasteiger partial charge in [-0.2, -0.15) is 0 Å². The summed E-state index contributed by atoms with van der Waals surface area (Å²) >= 11 is 0.575. The van der Waals surface area contributed by atoms with Crippen molar-refractivity contribution in [2.75, 3.05) is 0 Å². The van der Waals surface area contributed by atoms with E-state index in [2.05, 4.69) is 41.0 Å². The Morgan fingerprint density at radius 3 is 2.73 bits per heavy atom. The third kappa shape index (κ3) is 1.48. The van der Waals surface area contributed by atoms with E-state index in [0.717, 1.165) is 0 Å². The number of benzene rings is 1. The van der Waals surface area contributed by atoms with Crippen LogP contribution in [0.15, 0.2) is 29.3 Å². The van der Waals surface area contributed by atoms with Crippen LogP contribution in [0.5, 0.6) is 0 Å². The average Bonchev–Trinajstić information content (AvgIpc) is 2.34. The summed E-state index contributed by atoms with van der Waals surface area (Å²) in [4.78, 5) is 0. The molecule has 0 aliphatic rings. The molecule has 2 aromatic rings. The van der Waals surface area contributed by atoms with Crippen molar-refractivity contribution >= 4 is 24.3 Å². The van der Waals surface area contributed by atoms with Gasteiger partial charge in [0.25, 0.3) is 0 Å². The van der Waals surface area contributed by atoms with Crippen molar-refractivity contribution in [1.29, 1.82) is 0 Å². The number of hydrogen-bond donors (Lipinski definition) is 0. The smallest absolute Gasteiger partial charge is 1.00 e. The van der Waals surface area contributed by atoms with Gasteiger partial charge in [0.15, 0.2) is 0 Å². The second-order valence-corrected chi connectivity index (χ2v) is 4.16. The molecule has 1 heterocycles. The van der Waals surface area contributed by atoms with E-state index in [1.54, 1.807) is 0 Å². The average molecular weight is 233 g/mol. The molecule has 2 rings (SSSR count). The van der Waals surface area contributed by atoms with Gasteiger partial charge in [0.1, 0.15) is 0 Å². The fraction of sp³-hybridized carbons (Fsp3) is 0.125. The van der Waals surface area contributed by atoms with E-state index in [-0.39, 0.29) is 12.4 Å². The van der Waals surface area contributed by atoms with Crippen LogP contribution in [0.2, 0.25) is 0 Å². The van der Waals surface area contributed by atoms with Crippen molar-refractivity contribution in [3.05, 3.63) is 29.3 Å². The standard InChI is InChI=1S/C8H8NSe.ClH/c1-9-6-10-8-5-3-2-4-7(8)9;/h2-6H,1H3;1H/q+1;/p-1. The fourth-order valence-electron chi connectivity index (χ4n) is 1.04. The molecule has 0 saturated carbocycles.